The molecule has 0 aliphatic heterocycles. The molecule has 1 aromatic carbocycles. The molecule has 1 heterocycles. The molecule has 1 N–H and O–H groups in total. The number of aromatic nitrogens is 1. The van der Waals surface area contributed by atoms with Crippen molar-refractivity contribution in [1.29, 1.82) is 0 Å². The highest BCUT2D eigenvalue weighted by molar-refractivity contribution is 5.47. The van der Waals surface area contributed by atoms with Gasteiger partial charge in [-0.1, -0.05) is 26.0 Å². The number of anilines is 1. The van der Waals surface area contributed by atoms with Gasteiger partial charge in [0.15, 0.2) is 0 Å². The summed E-state index contributed by atoms with van der Waals surface area (Å²) in [6.07, 6.45) is 1.87. The van der Waals surface area contributed by atoms with Crippen molar-refractivity contribution in [2.24, 2.45) is 0 Å². The molecule has 21 heavy (non-hydrogen) atoms. The maximum Gasteiger partial charge on any atom is 0.128 e. The zero-order chi connectivity index (χ0) is 15.4. The second-order valence-electron chi connectivity index (χ2n) is 5.68. The van der Waals surface area contributed by atoms with E-state index in [9.17, 15) is 0 Å². The molecule has 0 atom stereocenters. The number of rotatable bonds is 5. The van der Waals surface area contributed by atoms with Crippen LogP contribution in [0.2, 0.25) is 0 Å². The first-order valence-electron chi connectivity index (χ1n) is 7.35. The predicted molar refractivity (Wildman–Crippen MR) is 88.1 cm³/mol. The van der Waals surface area contributed by atoms with E-state index in [1.165, 1.54) is 5.56 Å². The van der Waals surface area contributed by atoms with Crippen LogP contribution in [0.5, 0.6) is 5.75 Å². The molecule has 0 radical (unpaired) electrons. The fourth-order valence-corrected chi connectivity index (χ4v) is 2.42. The predicted octanol–water partition coefficient (Wildman–Crippen LogP) is 4.44. The van der Waals surface area contributed by atoms with E-state index >= 15 is 0 Å². The van der Waals surface area contributed by atoms with Gasteiger partial charge in [-0.15, -0.1) is 0 Å². The molecule has 0 unspecified atom stereocenters. The molecule has 2 aromatic rings. The fourth-order valence-electron chi connectivity index (χ4n) is 2.42. The van der Waals surface area contributed by atoms with E-state index in [2.05, 4.69) is 55.3 Å². The fraction of sp³-hybridized carbons (Fsp3) is 0.389. The van der Waals surface area contributed by atoms with Gasteiger partial charge in [-0.2, -0.15) is 0 Å². The van der Waals surface area contributed by atoms with Gasteiger partial charge in [0.25, 0.3) is 0 Å². The first-order chi connectivity index (χ1) is 10.0. The summed E-state index contributed by atoms with van der Waals surface area (Å²) in [7, 11) is 1.71. The van der Waals surface area contributed by atoms with E-state index < -0.39 is 0 Å². The maximum atomic E-state index is 5.44. The van der Waals surface area contributed by atoms with Crippen molar-refractivity contribution < 1.29 is 4.74 Å². The molecule has 0 saturated carbocycles. The highest BCUT2D eigenvalue weighted by Crippen LogP contribution is 2.24. The number of nitrogens with zero attached hydrogens (tertiary/aromatic N) is 1. The summed E-state index contributed by atoms with van der Waals surface area (Å²) in [5, 5.41) is 3.42. The maximum absolute atomic E-state index is 5.44. The Bertz CT molecular complexity index is 603. The molecule has 0 bridgehead atoms. The molecule has 1 aromatic heterocycles. The Morgan fingerprint density at radius 2 is 1.81 bits per heavy atom. The Kier molecular flexibility index (Phi) is 4.84. The Hall–Kier alpha value is -2.03. The number of ether oxygens (including phenoxy) is 1. The Morgan fingerprint density at radius 3 is 2.38 bits per heavy atom. The minimum Gasteiger partial charge on any atom is -0.496 e. The molecule has 0 aliphatic carbocycles. The van der Waals surface area contributed by atoms with Gasteiger partial charge in [0.2, 0.25) is 0 Å². The third-order valence-electron chi connectivity index (χ3n) is 3.79. The largest absolute Gasteiger partial charge is 0.496 e. The Morgan fingerprint density at radius 1 is 1.14 bits per heavy atom. The molecule has 0 fully saturated rings. The summed E-state index contributed by atoms with van der Waals surface area (Å²) < 4.78 is 5.44. The molecular weight excluding hydrogens is 260 g/mol. The number of hydrogen-bond acceptors (Lipinski definition) is 3. The second kappa shape index (κ2) is 6.61. The highest BCUT2D eigenvalue weighted by Gasteiger charge is 2.09. The summed E-state index contributed by atoms with van der Waals surface area (Å²) in [5.41, 5.74) is 5.65. The van der Waals surface area contributed by atoms with Crippen molar-refractivity contribution in [3.05, 3.63) is 52.8 Å². The lowest BCUT2D eigenvalue weighted by Gasteiger charge is -2.14. The monoisotopic (exact) mass is 284 g/mol. The normalized spacial score (nSPS) is 10.8. The molecule has 0 aliphatic rings. The Balaban J connectivity index is 2.09. The van der Waals surface area contributed by atoms with Gasteiger partial charge >= 0.3 is 0 Å². The van der Waals surface area contributed by atoms with Gasteiger partial charge in [-0.25, -0.2) is 0 Å². The van der Waals surface area contributed by atoms with Crippen molar-refractivity contribution in [3.63, 3.8) is 0 Å². The van der Waals surface area contributed by atoms with E-state index in [1.807, 2.05) is 13.1 Å². The minimum absolute atomic E-state index is 0.560. The Labute approximate surface area is 127 Å². The number of pyridine rings is 1. The number of hydrogen-bond donors (Lipinski definition) is 1. The summed E-state index contributed by atoms with van der Waals surface area (Å²) in [6, 6.07) is 8.58. The van der Waals surface area contributed by atoms with Gasteiger partial charge in [-0.3, -0.25) is 4.98 Å². The van der Waals surface area contributed by atoms with Crippen LogP contribution < -0.4 is 10.1 Å². The first-order valence-corrected chi connectivity index (χ1v) is 7.35. The van der Waals surface area contributed by atoms with Crippen LogP contribution in [0.3, 0.4) is 0 Å². The van der Waals surface area contributed by atoms with Crippen LogP contribution in [0.25, 0.3) is 0 Å². The third kappa shape index (κ3) is 3.54. The van der Waals surface area contributed by atoms with Crippen LogP contribution in [-0.4, -0.2) is 12.1 Å². The zero-order valence-electron chi connectivity index (χ0n) is 13.5. The highest BCUT2D eigenvalue weighted by atomic mass is 16.5. The topological polar surface area (TPSA) is 34.1 Å². The van der Waals surface area contributed by atoms with Crippen molar-refractivity contribution >= 4 is 5.69 Å². The average molecular weight is 284 g/mol. The summed E-state index contributed by atoms with van der Waals surface area (Å²) in [4.78, 5) is 4.50. The zero-order valence-corrected chi connectivity index (χ0v) is 13.5. The third-order valence-corrected chi connectivity index (χ3v) is 3.79. The van der Waals surface area contributed by atoms with Crippen molar-refractivity contribution in [2.75, 3.05) is 12.4 Å². The molecule has 2 rings (SSSR count). The molecule has 0 amide bonds. The number of benzene rings is 1. The van der Waals surface area contributed by atoms with Gasteiger partial charge in [-0.05, 0) is 37.5 Å². The van der Waals surface area contributed by atoms with Crippen LogP contribution >= 0.6 is 0 Å². The van der Waals surface area contributed by atoms with Crippen LogP contribution in [0.15, 0.2) is 30.5 Å². The van der Waals surface area contributed by atoms with Crippen molar-refractivity contribution in [2.45, 2.75) is 40.2 Å². The van der Waals surface area contributed by atoms with Crippen LogP contribution in [0, 0.1) is 13.8 Å². The van der Waals surface area contributed by atoms with Gasteiger partial charge in [0, 0.05) is 23.0 Å². The number of aryl methyl sites for hydroxylation is 1. The van der Waals surface area contributed by atoms with Crippen LogP contribution in [0.1, 0.15) is 42.1 Å². The number of methoxy groups -OCH3 is 1. The SMILES string of the molecule is COc1c(C)cnc(CNc2ccc(C(C)C)cc2)c1C. The van der Waals surface area contributed by atoms with Gasteiger partial charge < -0.3 is 10.1 Å². The summed E-state index contributed by atoms with van der Waals surface area (Å²) in [5.74, 6) is 1.49. The second-order valence-corrected chi connectivity index (χ2v) is 5.68. The lowest BCUT2D eigenvalue weighted by molar-refractivity contribution is 0.407. The average Bonchev–Trinajstić information content (AvgIpc) is 2.47. The van der Waals surface area contributed by atoms with Gasteiger partial charge in [0.05, 0.1) is 19.3 Å². The van der Waals surface area contributed by atoms with Gasteiger partial charge in [0.1, 0.15) is 5.75 Å². The molecule has 112 valence electrons. The smallest absolute Gasteiger partial charge is 0.128 e. The van der Waals surface area contributed by atoms with E-state index in [1.54, 1.807) is 7.11 Å². The lowest BCUT2D eigenvalue weighted by Crippen LogP contribution is -2.06. The molecule has 3 nitrogen and oxygen atoms in total. The summed E-state index contributed by atoms with van der Waals surface area (Å²) >= 11 is 0. The van der Waals surface area contributed by atoms with E-state index in [0.717, 1.165) is 28.3 Å². The van der Waals surface area contributed by atoms with E-state index in [4.69, 9.17) is 4.74 Å². The molecule has 3 heteroatoms. The standard InChI is InChI=1S/C18H24N2O/c1-12(2)15-6-8-16(9-7-15)19-11-17-14(4)18(21-5)13(3)10-20-17/h6-10,12,19H,11H2,1-5H3. The minimum atomic E-state index is 0.560. The van der Waals surface area contributed by atoms with Crippen LogP contribution in [-0.2, 0) is 6.54 Å². The molecular formula is C18H24N2O. The number of nitrogens with one attached hydrogen (secondary N) is 1. The lowest BCUT2D eigenvalue weighted by atomic mass is 10.0. The molecule has 0 spiro atoms. The summed E-state index contributed by atoms with van der Waals surface area (Å²) in [6.45, 7) is 9.17. The quantitative estimate of drug-likeness (QED) is 0.881. The van der Waals surface area contributed by atoms with Crippen molar-refractivity contribution in [1.82, 2.24) is 4.98 Å². The van der Waals surface area contributed by atoms with Crippen molar-refractivity contribution in [3.8, 4) is 5.75 Å². The van der Waals surface area contributed by atoms with Crippen LogP contribution in [0.4, 0.5) is 5.69 Å². The van der Waals surface area contributed by atoms with E-state index in [-0.39, 0.29) is 0 Å². The molecule has 0 saturated heterocycles. The first kappa shape index (κ1) is 15.4. The van der Waals surface area contributed by atoms with E-state index in [0.29, 0.717) is 12.5 Å².